The van der Waals surface area contributed by atoms with E-state index < -0.39 is 16.4 Å². The fourth-order valence-corrected chi connectivity index (χ4v) is 6.65. The van der Waals surface area contributed by atoms with Crippen LogP contribution in [-0.2, 0) is 20.5 Å². The third-order valence-corrected chi connectivity index (χ3v) is 7.93. The molecule has 0 saturated carbocycles. The number of likely N-dealkylation sites (N-methyl/N-ethyl adjacent to an activating group) is 2. The van der Waals surface area contributed by atoms with Crippen LogP contribution in [0.4, 0.5) is 11.4 Å². The molecule has 1 N–H and O–H groups in total. The number of fused-ring (bicyclic) bond motifs is 5. The maximum atomic E-state index is 14.1. The molecule has 2 spiro atoms. The zero-order valence-corrected chi connectivity index (χ0v) is 17.7. The number of carbonyl (C=O) groups is 2. The zero-order chi connectivity index (χ0) is 20.6. The summed E-state index contributed by atoms with van der Waals surface area (Å²) in [6.07, 6.45) is 0. The van der Waals surface area contributed by atoms with Gasteiger partial charge in [-0.05, 0) is 24.7 Å². The number of nitrogens with one attached hydrogen (secondary N) is 1. The topological polar surface area (TPSA) is 76.4 Å². The SMILES string of the molecule is CN1C(=O)[C@]2(c3ccccc31)[C@](C#N)(CBr)CN(C)[C@]21C(=O)Nc2ccccc21. The van der Waals surface area contributed by atoms with E-state index in [1.165, 1.54) is 0 Å². The summed E-state index contributed by atoms with van der Waals surface area (Å²) in [6.45, 7) is 0.282. The van der Waals surface area contributed by atoms with Crippen LogP contribution in [0.15, 0.2) is 48.5 Å². The molecule has 0 unspecified atom stereocenters. The summed E-state index contributed by atoms with van der Waals surface area (Å²) in [5.74, 6) is -0.492. The fourth-order valence-electron chi connectivity index (χ4n) is 5.93. The second-order valence-electron chi connectivity index (χ2n) is 8.03. The first-order valence-corrected chi connectivity index (χ1v) is 10.5. The number of carbonyl (C=O) groups excluding carboxylic acids is 2. The predicted octanol–water partition coefficient (Wildman–Crippen LogP) is 2.60. The summed E-state index contributed by atoms with van der Waals surface area (Å²) >= 11 is 3.54. The highest BCUT2D eigenvalue weighted by Crippen LogP contribution is 2.68. The van der Waals surface area contributed by atoms with Crippen molar-refractivity contribution in [3.05, 3.63) is 59.7 Å². The first-order chi connectivity index (χ1) is 13.9. The van der Waals surface area contributed by atoms with Crippen LogP contribution in [0.3, 0.4) is 0 Å². The number of para-hydroxylation sites is 2. The maximum Gasteiger partial charge on any atom is 0.251 e. The van der Waals surface area contributed by atoms with Crippen molar-refractivity contribution in [1.82, 2.24) is 4.90 Å². The van der Waals surface area contributed by atoms with E-state index in [0.29, 0.717) is 5.69 Å². The molecule has 3 atom stereocenters. The van der Waals surface area contributed by atoms with Gasteiger partial charge < -0.3 is 10.2 Å². The Hall–Kier alpha value is -2.69. The largest absolute Gasteiger partial charge is 0.324 e. The van der Waals surface area contributed by atoms with E-state index >= 15 is 0 Å². The number of nitriles is 1. The first kappa shape index (κ1) is 18.3. The van der Waals surface area contributed by atoms with Crippen molar-refractivity contribution >= 4 is 39.1 Å². The lowest BCUT2D eigenvalue weighted by Crippen LogP contribution is -2.64. The van der Waals surface area contributed by atoms with Gasteiger partial charge in [0.25, 0.3) is 5.91 Å². The normalized spacial score (nSPS) is 32.6. The number of amides is 2. The van der Waals surface area contributed by atoms with Gasteiger partial charge in [0.2, 0.25) is 5.91 Å². The lowest BCUT2D eigenvalue weighted by atomic mass is 9.54. The first-order valence-electron chi connectivity index (χ1n) is 9.39. The van der Waals surface area contributed by atoms with Crippen molar-refractivity contribution in [2.45, 2.75) is 11.0 Å². The second-order valence-corrected chi connectivity index (χ2v) is 8.59. The molecule has 3 heterocycles. The van der Waals surface area contributed by atoms with Gasteiger partial charge >= 0.3 is 0 Å². The number of halogens is 1. The molecule has 0 aliphatic carbocycles. The van der Waals surface area contributed by atoms with E-state index in [-0.39, 0.29) is 23.7 Å². The number of nitrogens with zero attached hydrogens (tertiary/aromatic N) is 3. The monoisotopic (exact) mass is 450 g/mol. The Balaban J connectivity index is 2.00. The van der Waals surface area contributed by atoms with Gasteiger partial charge in [0.1, 0.15) is 16.4 Å². The molecule has 1 saturated heterocycles. The van der Waals surface area contributed by atoms with E-state index in [4.69, 9.17) is 0 Å². The molecule has 29 heavy (non-hydrogen) atoms. The number of hydrogen-bond donors (Lipinski definition) is 1. The smallest absolute Gasteiger partial charge is 0.251 e. The Kier molecular flexibility index (Phi) is 3.59. The molecule has 2 amide bonds. The zero-order valence-electron chi connectivity index (χ0n) is 16.1. The minimum absolute atomic E-state index is 0.226. The van der Waals surface area contributed by atoms with Crippen LogP contribution in [0.1, 0.15) is 11.1 Å². The molecule has 6 nitrogen and oxygen atoms in total. The van der Waals surface area contributed by atoms with Crippen LogP contribution in [0.5, 0.6) is 0 Å². The van der Waals surface area contributed by atoms with Crippen LogP contribution in [0, 0.1) is 16.7 Å². The molecule has 146 valence electrons. The van der Waals surface area contributed by atoms with Gasteiger partial charge in [0, 0.05) is 35.9 Å². The highest BCUT2D eigenvalue weighted by molar-refractivity contribution is 9.09. The Bertz CT molecular complexity index is 1130. The molecule has 0 bridgehead atoms. The third-order valence-electron chi connectivity index (χ3n) is 6.97. The number of anilines is 2. The van der Waals surface area contributed by atoms with E-state index in [9.17, 15) is 14.9 Å². The van der Waals surface area contributed by atoms with Crippen molar-refractivity contribution in [2.24, 2.45) is 5.41 Å². The van der Waals surface area contributed by atoms with Crippen LogP contribution in [0.25, 0.3) is 0 Å². The summed E-state index contributed by atoms with van der Waals surface area (Å²) < 4.78 is 0. The minimum Gasteiger partial charge on any atom is -0.324 e. The lowest BCUT2D eigenvalue weighted by Gasteiger charge is -2.45. The molecule has 5 rings (SSSR count). The number of hydrogen-bond acceptors (Lipinski definition) is 4. The molecule has 0 aromatic heterocycles. The van der Waals surface area contributed by atoms with Crippen molar-refractivity contribution in [1.29, 1.82) is 5.26 Å². The van der Waals surface area contributed by atoms with E-state index in [1.54, 1.807) is 11.9 Å². The Morgan fingerprint density at radius 1 is 1.10 bits per heavy atom. The van der Waals surface area contributed by atoms with Gasteiger partial charge in [0.05, 0.1) is 6.07 Å². The molecule has 2 aromatic rings. The maximum absolute atomic E-state index is 14.1. The van der Waals surface area contributed by atoms with Crippen LogP contribution >= 0.6 is 15.9 Å². The van der Waals surface area contributed by atoms with E-state index in [2.05, 4.69) is 27.3 Å². The number of benzene rings is 2. The minimum atomic E-state index is -1.38. The van der Waals surface area contributed by atoms with Gasteiger partial charge in [-0.2, -0.15) is 5.26 Å². The van der Waals surface area contributed by atoms with Gasteiger partial charge in [-0.15, -0.1) is 0 Å². The van der Waals surface area contributed by atoms with Crippen molar-refractivity contribution in [3.63, 3.8) is 0 Å². The van der Waals surface area contributed by atoms with Gasteiger partial charge in [-0.1, -0.05) is 52.3 Å². The molecule has 0 radical (unpaired) electrons. The molecule has 2 aromatic carbocycles. The molecule has 7 heteroatoms. The third kappa shape index (κ3) is 1.69. The standard InChI is InChI=1S/C22H19BrN4O2/c1-26-13-20(11-23,12-24)21(15-8-4-6-10-17(15)27(2)19(21)29)22(26)14-7-3-5-9-16(14)25-18(22)28/h3-10H,11,13H2,1-2H3,(H,25,28)/t20-,21+,22+/m0/s1. The van der Waals surface area contributed by atoms with Gasteiger partial charge in [-0.25, -0.2) is 0 Å². The Morgan fingerprint density at radius 3 is 2.45 bits per heavy atom. The molecule has 3 aliphatic heterocycles. The lowest BCUT2D eigenvalue weighted by molar-refractivity contribution is -0.138. The van der Waals surface area contributed by atoms with E-state index in [0.717, 1.165) is 16.8 Å². The van der Waals surface area contributed by atoms with Crippen molar-refractivity contribution in [2.75, 3.05) is 36.2 Å². The molecule has 3 aliphatic rings. The highest BCUT2D eigenvalue weighted by atomic mass is 79.9. The summed E-state index contributed by atoms with van der Waals surface area (Å²) in [4.78, 5) is 31.4. The van der Waals surface area contributed by atoms with Crippen molar-refractivity contribution in [3.8, 4) is 6.07 Å². The summed E-state index contributed by atoms with van der Waals surface area (Å²) in [6, 6.07) is 17.4. The highest BCUT2D eigenvalue weighted by Gasteiger charge is 2.82. The Labute approximate surface area is 177 Å². The van der Waals surface area contributed by atoms with Gasteiger partial charge in [-0.3, -0.25) is 14.5 Å². The summed E-state index contributed by atoms with van der Waals surface area (Å²) in [5, 5.41) is 13.7. The molecular formula is C22H19BrN4O2. The average Bonchev–Trinajstić information content (AvgIpc) is 3.26. The molecule has 1 fully saturated rings. The quantitative estimate of drug-likeness (QED) is 0.677. The second kappa shape index (κ2) is 5.68. The van der Waals surface area contributed by atoms with E-state index in [1.807, 2.05) is 60.5 Å². The van der Waals surface area contributed by atoms with Crippen LogP contribution in [0.2, 0.25) is 0 Å². The average molecular weight is 451 g/mol. The summed E-state index contributed by atoms with van der Waals surface area (Å²) in [7, 11) is 3.55. The van der Waals surface area contributed by atoms with Crippen LogP contribution in [-0.4, -0.2) is 42.7 Å². The van der Waals surface area contributed by atoms with Crippen molar-refractivity contribution < 1.29 is 9.59 Å². The number of alkyl halides is 1. The molecular weight excluding hydrogens is 432 g/mol. The summed E-state index contributed by atoms with van der Waals surface area (Å²) in [5.41, 5.74) is -0.931. The number of rotatable bonds is 1. The van der Waals surface area contributed by atoms with Gasteiger partial charge in [0.15, 0.2) is 0 Å². The fraction of sp³-hybridized carbons (Fsp3) is 0.318. The Morgan fingerprint density at radius 2 is 1.76 bits per heavy atom. The predicted molar refractivity (Wildman–Crippen MR) is 113 cm³/mol. The van der Waals surface area contributed by atoms with Crippen LogP contribution < -0.4 is 10.2 Å². The number of likely N-dealkylation sites (tertiary alicyclic amines) is 1.